The number of halogens is 1. The predicted octanol–water partition coefficient (Wildman–Crippen LogP) is 3.22. The molecular weight excluding hydrogens is 227 g/mol. The van der Waals surface area contributed by atoms with Crippen molar-refractivity contribution < 1.29 is 23.4 Å². The lowest BCUT2D eigenvalue weighted by Crippen LogP contribution is -1.92. The first kappa shape index (κ1) is 11.2. The minimum Gasteiger partial charge on any atom is -0.475 e. The van der Waals surface area contributed by atoms with Gasteiger partial charge in [0.2, 0.25) is 5.76 Å². The van der Waals surface area contributed by atoms with Gasteiger partial charge in [-0.2, -0.15) is 0 Å². The molecule has 0 fully saturated rings. The second-order valence-corrected chi connectivity index (χ2v) is 3.44. The number of carboxylic acids is 1. The zero-order valence-corrected chi connectivity index (χ0v) is 8.94. The molecule has 4 nitrogen and oxygen atoms in total. The third-order valence-corrected chi connectivity index (χ3v) is 2.15. The number of hydrogen-bond donors (Lipinski definition) is 1. The Bertz CT molecular complexity index is 559. The number of ether oxygens (including phenoxy) is 1. The molecular formula is C12H9FO4. The summed E-state index contributed by atoms with van der Waals surface area (Å²) in [6.45, 7) is 1.75. The van der Waals surface area contributed by atoms with Crippen LogP contribution in [0.3, 0.4) is 0 Å². The van der Waals surface area contributed by atoms with Crippen molar-refractivity contribution in [3.8, 4) is 11.7 Å². The van der Waals surface area contributed by atoms with E-state index in [0.29, 0.717) is 0 Å². The molecule has 0 radical (unpaired) electrons. The largest absolute Gasteiger partial charge is 0.475 e. The molecule has 2 aromatic rings. The molecule has 88 valence electrons. The number of aromatic carboxylic acids is 1. The third-order valence-electron chi connectivity index (χ3n) is 2.15. The van der Waals surface area contributed by atoms with Crippen LogP contribution in [0.25, 0.3) is 0 Å². The highest BCUT2D eigenvalue weighted by molar-refractivity contribution is 5.84. The molecule has 1 heterocycles. The summed E-state index contributed by atoms with van der Waals surface area (Å²) in [5, 5.41) is 8.65. The van der Waals surface area contributed by atoms with E-state index in [1.54, 1.807) is 13.0 Å². The van der Waals surface area contributed by atoms with Crippen molar-refractivity contribution in [1.29, 1.82) is 0 Å². The highest BCUT2D eigenvalue weighted by Crippen LogP contribution is 2.27. The first-order chi connectivity index (χ1) is 8.06. The number of benzene rings is 1. The van der Waals surface area contributed by atoms with E-state index in [1.807, 2.05) is 0 Å². The van der Waals surface area contributed by atoms with E-state index in [-0.39, 0.29) is 17.5 Å². The van der Waals surface area contributed by atoms with Crippen LogP contribution < -0.4 is 4.74 Å². The summed E-state index contributed by atoms with van der Waals surface area (Å²) in [6.07, 6.45) is 0. The quantitative estimate of drug-likeness (QED) is 0.888. The third kappa shape index (κ3) is 2.44. The molecule has 1 aromatic heterocycles. The average Bonchev–Trinajstić information content (AvgIpc) is 2.72. The molecule has 0 amide bonds. The van der Waals surface area contributed by atoms with Gasteiger partial charge >= 0.3 is 5.97 Å². The van der Waals surface area contributed by atoms with Gasteiger partial charge in [-0.1, -0.05) is 6.07 Å². The summed E-state index contributed by atoms with van der Waals surface area (Å²) in [7, 11) is 0. The molecule has 0 atom stereocenters. The van der Waals surface area contributed by atoms with Gasteiger partial charge in [0.1, 0.15) is 11.6 Å². The first-order valence-corrected chi connectivity index (χ1v) is 4.83. The van der Waals surface area contributed by atoms with Crippen molar-refractivity contribution in [1.82, 2.24) is 0 Å². The Kier molecular flexibility index (Phi) is 2.82. The van der Waals surface area contributed by atoms with Crippen molar-refractivity contribution in [2.24, 2.45) is 0 Å². The Morgan fingerprint density at radius 2 is 2.12 bits per heavy atom. The van der Waals surface area contributed by atoms with E-state index >= 15 is 0 Å². The lowest BCUT2D eigenvalue weighted by atomic mass is 10.2. The van der Waals surface area contributed by atoms with Gasteiger partial charge in [0, 0.05) is 12.1 Å². The Morgan fingerprint density at radius 3 is 2.76 bits per heavy atom. The van der Waals surface area contributed by atoms with Crippen LogP contribution in [0.5, 0.6) is 11.7 Å². The second kappa shape index (κ2) is 4.29. The van der Waals surface area contributed by atoms with Crippen molar-refractivity contribution in [3.63, 3.8) is 0 Å². The van der Waals surface area contributed by atoms with E-state index in [0.717, 1.165) is 5.56 Å². The Morgan fingerprint density at radius 1 is 1.35 bits per heavy atom. The lowest BCUT2D eigenvalue weighted by molar-refractivity contribution is 0.0657. The molecule has 1 N–H and O–H groups in total. The minimum atomic E-state index is -1.18. The van der Waals surface area contributed by atoms with Gasteiger partial charge in [-0.3, -0.25) is 0 Å². The average molecular weight is 236 g/mol. The topological polar surface area (TPSA) is 59.7 Å². The number of hydrogen-bond acceptors (Lipinski definition) is 3. The monoisotopic (exact) mass is 236 g/mol. The fourth-order valence-corrected chi connectivity index (χ4v) is 1.28. The minimum absolute atomic E-state index is 0.0103. The SMILES string of the molecule is Cc1ccc(F)cc1Oc1ccc(C(=O)O)o1. The van der Waals surface area contributed by atoms with E-state index in [9.17, 15) is 9.18 Å². The van der Waals surface area contributed by atoms with Crippen LogP contribution in [0.15, 0.2) is 34.7 Å². The molecule has 0 aliphatic carbocycles. The van der Waals surface area contributed by atoms with Crippen molar-refractivity contribution in [2.45, 2.75) is 6.92 Å². The summed E-state index contributed by atoms with van der Waals surface area (Å²) >= 11 is 0. The van der Waals surface area contributed by atoms with E-state index in [1.165, 1.54) is 24.3 Å². The molecule has 0 saturated heterocycles. The highest BCUT2D eigenvalue weighted by atomic mass is 19.1. The molecule has 0 spiro atoms. The van der Waals surface area contributed by atoms with E-state index in [2.05, 4.69) is 0 Å². The summed E-state index contributed by atoms with van der Waals surface area (Å²) in [5.41, 5.74) is 0.722. The van der Waals surface area contributed by atoms with Crippen LogP contribution >= 0.6 is 0 Å². The molecule has 0 aliphatic rings. The number of carbonyl (C=O) groups is 1. The standard InChI is InChI=1S/C12H9FO4/c1-7-2-3-8(13)6-10(7)17-11-5-4-9(16-11)12(14)15/h2-6H,1H3,(H,14,15). The summed E-state index contributed by atoms with van der Waals surface area (Å²) in [5.74, 6) is -1.55. The summed E-state index contributed by atoms with van der Waals surface area (Å²) in [6, 6.07) is 6.72. The van der Waals surface area contributed by atoms with Crippen molar-refractivity contribution in [2.75, 3.05) is 0 Å². The van der Waals surface area contributed by atoms with Gasteiger partial charge in [0.25, 0.3) is 5.95 Å². The zero-order chi connectivity index (χ0) is 12.4. The van der Waals surface area contributed by atoms with Crippen LogP contribution in [0.2, 0.25) is 0 Å². The summed E-state index contributed by atoms with van der Waals surface area (Å²) in [4.78, 5) is 10.6. The van der Waals surface area contributed by atoms with Gasteiger partial charge < -0.3 is 14.3 Å². The van der Waals surface area contributed by atoms with Crippen LogP contribution in [-0.4, -0.2) is 11.1 Å². The molecule has 0 saturated carbocycles. The molecule has 2 rings (SSSR count). The van der Waals surface area contributed by atoms with E-state index in [4.69, 9.17) is 14.3 Å². The maximum absolute atomic E-state index is 13.0. The van der Waals surface area contributed by atoms with Crippen molar-refractivity contribution >= 4 is 5.97 Å². The summed E-state index contributed by atoms with van der Waals surface area (Å²) < 4.78 is 23.1. The number of furan rings is 1. The smallest absolute Gasteiger partial charge is 0.371 e. The second-order valence-electron chi connectivity index (χ2n) is 3.44. The molecule has 1 aromatic carbocycles. The Hall–Kier alpha value is -2.30. The van der Waals surface area contributed by atoms with Gasteiger partial charge in [-0.15, -0.1) is 0 Å². The molecule has 0 aliphatic heterocycles. The maximum Gasteiger partial charge on any atom is 0.371 e. The van der Waals surface area contributed by atoms with Crippen LogP contribution in [0, 0.1) is 12.7 Å². The predicted molar refractivity (Wildman–Crippen MR) is 56.9 cm³/mol. The normalized spacial score (nSPS) is 10.2. The van der Waals surface area contributed by atoms with Crippen LogP contribution in [0.4, 0.5) is 4.39 Å². The number of rotatable bonds is 3. The fraction of sp³-hybridized carbons (Fsp3) is 0.0833. The highest BCUT2D eigenvalue weighted by Gasteiger charge is 2.11. The lowest BCUT2D eigenvalue weighted by Gasteiger charge is -2.05. The fourth-order valence-electron chi connectivity index (χ4n) is 1.28. The maximum atomic E-state index is 13.0. The molecule has 0 bridgehead atoms. The zero-order valence-electron chi connectivity index (χ0n) is 8.94. The molecule has 0 unspecified atom stereocenters. The van der Waals surface area contributed by atoms with Gasteiger partial charge in [-0.05, 0) is 24.6 Å². The van der Waals surface area contributed by atoms with E-state index < -0.39 is 11.8 Å². The van der Waals surface area contributed by atoms with Crippen LogP contribution in [0.1, 0.15) is 16.1 Å². The Labute approximate surface area is 96.2 Å². The van der Waals surface area contributed by atoms with Gasteiger partial charge in [-0.25, -0.2) is 9.18 Å². The van der Waals surface area contributed by atoms with Gasteiger partial charge in [0.05, 0.1) is 0 Å². The van der Waals surface area contributed by atoms with Crippen molar-refractivity contribution in [3.05, 3.63) is 47.5 Å². The molecule has 17 heavy (non-hydrogen) atoms. The van der Waals surface area contributed by atoms with Gasteiger partial charge in [0.15, 0.2) is 0 Å². The number of carboxylic acid groups (broad SMARTS) is 1. The van der Waals surface area contributed by atoms with Crippen LogP contribution in [-0.2, 0) is 0 Å². The Balaban J connectivity index is 2.25. The number of aryl methyl sites for hydroxylation is 1. The molecule has 5 heteroatoms. The first-order valence-electron chi connectivity index (χ1n) is 4.83.